The summed E-state index contributed by atoms with van der Waals surface area (Å²) in [5, 5.41) is 12.6. The Balaban J connectivity index is 1.87. The quantitative estimate of drug-likeness (QED) is 0.675. The maximum atomic E-state index is 11.0. The van der Waals surface area contributed by atoms with E-state index < -0.39 is 5.97 Å². The van der Waals surface area contributed by atoms with Gasteiger partial charge >= 0.3 is 5.97 Å². The van der Waals surface area contributed by atoms with Crippen LogP contribution in [0.1, 0.15) is 42.9 Å². The number of aryl methyl sites for hydroxylation is 2. The van der Waals surface area contributed by atoms with Crippen LogP contribution < -0.4 is 5.32 Å². The molecule has 0 saturated heterocycles. The van der Waals surface area contributed by atoms with E-state index in [1.54, 1.807) is 0 Å². The predicted molar refractivity (Wildman–Crippen MR) is 103 cm³/mol. The van der Waals surface area contributed by atoms with Gasteiger partial charge in [-0.05, 0) is 50.7 Å². The third kappa shape index (κ3) is 7.53. The van der Waals surface area contributed by atoms with Gasteiger partial charge < -0.3 is 10.4 Å². The summed E-state index contributed by atoms with van der Waals surface area (Å²) in [6.07, 6.45) is 3.80. The molecule has 25 heavy (non-hydrogen) atoms. The Morgan fingerprint density at radius 1 is 1.00 bits per heavy atom. The molecule has 2 unspecified atom stereocenters. The summed E-state index contributed by atoms with van der Waals surface area (Å²) in [6, 6.07) is 19.5. The van der Waals surface area contributed by atoms with Gasteiger partial charge in [0.2, 0.25) is 0 Å². The van der Waals surface area contributed by atoms with Crippen LogP contribution in [0.2, 0.25) is 0 Å². The molecular formula is C22H29NO2. The molecule has 0 aliphatic heterocycles. The highest BCUT2D eigenvalue weighted by Gasteiger charge is 2.14. The Morgan fingerprint density at radius 3 is 2.32 bits per heavy atom. The van der Waals surface area contributed by atoms with Gasteiger partial charge in [-0.15, -0.1) is 0 Å². The van der Waals surface area contributed by atoms with Crippen LogP contribution >= 0.6 is 0 Å². The van der Waals surface area contributed by atoms with E-state index in [2.05, 4.69) is 55.6 Å². The molecule has 2 rings (SSSR count). The van der Waals surface area contributed by atoms with Gasteiger partial charge in [-0.25, -0.2) is 0 Å². The Morgan fingerprint density at radius 2 is 1.68 bits per heavy atom. The fourth-order valence-corrected chi connectivity index (χ4v) is 3.06. The molecule has 0 saturated carbocycles. The molecule has 2 aromatic carbocycles. The van der Waals surface area contributed by atoms with E-state index in [1.165, 1.54) is 16.7 Å². The van der Waals surface area contributed by atoms with Crippen LogP contribution in [-0.2, 0) is 17.6 Å². The average Bonchev–Trinajstić information content (AvgIpc) is 2.60. The van der Waals surface area contributed by atoms with Gasteiger partial charge in [0.1, 0.15) is 0 Å². The van der Waals surface area contributed by atoms with E-state index in [4.69, 9.17) is 5.11 Å². The molecule has 0 amide bonds. The van der Waals surface area contributed by atoms with Crippen molar-refractivity contribution in [2.45, 2.75) is 58.0 Å². The molecule has 0 radical (unpaired) electrons. The van der Waals surface area contributed by atoms with Crippen molar-refractivity contribution in [2.75, 3.05) is 0 Å². The minimum atomic E-state index is -0.729. The van der Waals surface area contributed by atoms with Gasteiger partial charge in [0.25, 0.3) is 0 Å². The molecule has 2 N–H and O–H groups in total. The molecule has 0 bridgehead atoms. The zero-order valence-corrected chi connectivity index (χ0v) is 15.2. The molecule has 0 heterocycles. The van der Waals surface area contributed by atoms with E-state index in [-0.39, 0.29) is 12.5 Å². The first-order valence-electron chi connectivity index (χ1n) is 9.10. The largest absolute Gasteiger partial charge is 0.481 e. The van der Waals surface area contributed by atoms with Crippen molar-refractivity contribution in [1.82, 2.24) is 5.32 Å². The zero-order valence-electron chi connectivity index (χ0n) is 15.2. The van der Waals surface area contributed by atoms with Crippen LogP contribution in [0, 0.1) is 6.92 Å². The number of rotatable bonds is 10. The third-order valence-electron chi connectivity index (χ3n) is 4.54. The fourth-order valence-electron chi connectivity index (χ4n) is 3.06. The highest BCUT2D eigenvalue weighted by atomic mass is 16.4. The van der Waals surface area contributed by atoms with E-state index in [1.807, 2.05) is 18.2 Å². The van der Waals surface area contributed by atoms with Crippen LogP contribution in [0.15, 0.2) is 54.6 Å². The minimum Gasteiger partial charge on any atom is -0.481 e. The Bertz CT molecular complexity index is 637. The number of hydrogen-bond acceptors (Lipinski definition) is 2. The number of benzene rings is 2. The maximum absolute atomic E-state index is 11.0. The van der Waals surface area contributed by atoms with Crippen LogP contribution in [0.25, 0.3) is 0 Å². The lowest BCUT2D eigenvalue weighted by Gasteiger charge is -2.23. The summed E-state index contributed by atoms with van der Waals surface area (Å²) in [6.45, 7) is 4.29. The summed E-state index contributed by atoms with van der Waals surface area (Å²) in [5.41, 5.74) is 3.88. The molecule has 2 aromatic rings. The van der Waals surface area contributed by atoms with Gasteiger partial charge in [-0.1, -0.05) is 60.2 Å². The van der Waals surface area contributed by atoms with E-state index in [0.717, 1.165) is 19.3 Å². The van der Waals surface area contributed by atoms with E-state index >= 15 is 0 Å². The highest BCUT2D eigenvalue weighted by Crippen LogP contribution is 2.12. The fraction of sp³-hybridized carbons (Fsp3) is 0.409. The number of hydrogen-bond donors (Lipinski definition) is 2. The second-order valence-electron chi connectivity index (χ2n) is 6.91. The van der Waals surface area contributed by atoms with Gasteiger partial charge in [0, 0.05) is 18.5 Å². The molecule has 2 atom stereocenters. The molecule has 134 valence electrons. The monoisotopic (exact) mass is 339 g/mol. The van der Waals surface area contributed by atoms with Crippen molar-refractivity contribution >= 4 is 5.97 Å². The first kappa shape index (κ1) is 19.2. The van der Waals surface area contributed by atoms with Crippen LogP contribution in [-0.4, -0.2) is 23.2 Å². The first-order chi connectivity index (χ1) is 12.0. The third-order valence-corrected chi connectivity index (χ3v) is 4.54. The van der Waals surface area contributed by atoms with Crippen molar-refractivity contribution in [3.05, 3.63) is 71.3 Å². The zero-order chi connectivity index (χ0) is 18.1. The number of carboxylic acid groups (broad SMARTS) is 1. The minimum absolute atomic E-state index is 0.187. The molecule has 0 aliphatic carbocycles. The number of aliphatic carboxylic acids is 1. The average molecular weight is 339 g/mol. The van der Waals surface area contributed by atoms with Crippen molar-refractivity contribution in [3.8, 4) is 0 Å². The smallest absolute Gasteiger partial charge is 0.303 e. The maximum Gasteiger partial charge on any atom is 0.303 e. The SMILES string of the molecule is Cc1ccc(CCC(C)NC(CCC(=O)O)Cc2ccccc2)cc1. The Labute approximate surface area is 151 Å². The van der Waals surface area contributed by atoms with Crippen molar-refractivity contribution < 1.29 is 9.90 Å². The molecule has 3 nitrogen and oxygen atoms in total. The van der Waals surface area contributed by atoms with Crippen molar-refractivity contribution in [3.63, 3.8) is 0 Å². The van der Waals surface area contributed by atoms with Gasteiger partial charge in [-0.2, -0.15) is 0 Å². The number of carbonyl (C=O) groups is 1. The molecule has 0 fully saturated rings. The van der Waals surface area contributed by atoms with Gasteiger partial charge in [0.15, 0.2) is 0 Å². The van der Waals surface area contributed by atoms with Crippen molar-refractivity contribution in [1.29, 1.82) is 0 Å². The molecule has 0 aliphatic rings. The summed E-state index contributed by atoms with van der Waals surface area (Å²) in [5.74, 6) is -0.729. The Kier molecular flexibility index (Phi) is 7.68. The lowest BCUT2D eigenvalue weighted by atomic mass is 9.99. The summed E-state index contributed by atoms with van der Waals surface area (Å²) in [7, 11) is 0. The standard InChI is InChI=1S/C22H29NO2/c1-17-8-11-19(12-9-17)13-10-18(2)23-21(14-15-22(24)25)16-20-6-4-3-5-7-20/h3-9,11-12,18,21,23H,10,13-16H2,1-2H3,(H,24,25). The molecule has 3 heteroatoms. The second kappa shape index (κ2) is 10.00. The lowest BCUT2D eigenvalue weighted by Crippen LogP contribution is -2.38. The Hall–Kier alpha value is -2.13. The van der Waals surface area contributed by atoms with E-state index in [9.17, 15) is 4.79 Å². The lowest BCUT2D eigenvalue weighted by molar-refractivity contribution is -0.137. The second-order valence-corrected chi connectivity index (χ2v) is 6.91. The topological polar surface area (TPSA) is 49.3 Å². The molecular weight excluding hydrogens is 310 g/mol. The molecule has 0 spiro atoms. The number of nitrogens with one attached hydrogen (secondary N) is 1. The number of carboxylic acids is 1. The van der Waals surface area contributed by atoms with Gasteiger partial charge in [0.05, 0.1) is 0 Å². The molecule has 0 aromatic heterocycles. The summed E-state index contributed by atoms with van der Waals surface area (Å²) >= 11 is 0. The van der Waals surface area contributed by atoms with E-state index in [0.29, 0.717) is 12.5 Å². The highest BCUT2D eigenvalue weighted by molar-refractivity contribution is 5.66. The van der Waals surface area contributed by atoms with Crippen LogP contribution in [0.5, 0.6) is 0 Å². The van der Waals surface area contributed by atoms with Crippen LogP contribution in [0.3, 0.4) is 0 Å². The normalized spacial score (nSPS) is 13.4. The first-order valence-corrected chi connectivity index (χ1v) is 9.10. The summed E-state index contributed by atoms with van der Waals surface area (Å²) < 4.78 is 0. The van der Waals surface area contributed by atoms with Crippen molar-refractivity contribution in [2.24, 2.45) is 0 Å². The predicted octanol–water partition coefficient (Wildman–Crippen LogP) is 4.38. The van der Waals surface area contributed by atoms with Gasteiger partial charge in [-0.3, -0.25) is 4.79 Å². The van der Waals surface area contributed by atoms with Crippen LogP contribution in [0.4, 0.5) is 0 Å². The summed E-state index contributed by atoms with van der Waals surface area (Å²) in [4.78, 5) is 11.0.